The summed E-state index contributed by atoms with van der Waals surface area (Å²) in [4.78, 5) is 12.9. The SMILES string of the molecule is CC(C)=CCc1c(O)cc(O)c2c1O[C@H](c1ccc3c(c1)C=CC(C)(C)O3)CC2=O. The van der Waals surface area contributed by atoms with Crippen molar-refractivity contribution in [3.8, 4) is 23.0 Å². The fraction of sp³-hybridized carbons (Fsp3) is 0.320. The molecule has 0 aliphatic carbocycles. The molecule has 0 radical (unpaired) electrons. The predicted octanol–water partition coefficient (Wildman–Crippen LogP) is 5.50. The van der Waals surface area contributed by atoms with Gasteiger partial charge in [-0.2, -0.15) is 0 Å². The molecule has 0 amide bonds. The van der Waals surface area contributed by atoms with Gasteiger partial charge in [-0.05, 0) is 57.9 Å². The van der Waals surface area contributed by atoms with Crippen molar-refractivity contribution < 1.29 is 24.5 Å². The van der Waals surface area contributed by atoms with Gasteiger partial charge in [-0.3, -0.25) is 4.79 Å². The van der Waals surface area contributed by atoms with Gasteiger partial charge in [0, 0.05) is 17.2 Å². The molecule has 2 aromatic rings. The van der Waals surface area contributed by atoms with Gasteiger partial charge in [-0.25, -0.2) is 0 Å². The maximum Gasteiger partial charge on any atom is 0.174 e. The minimum absolute atomic E-state index is 0.0822. The molecule has 30 heavy (non-hydrogen) atoms. The number of carbonyl (C=O) groups is 1. The smallest absolute Gasteiger partial charge is 0.174 e. The average Bonchev–Trinajstić information content (AvgIpc) is 2.65. The Morgan fingerprint density at radius 1 is 1.20 bits per heavy atom. The Balaban J connectivity index is 1.73. The summed E-state index contributed by atoms with van der Waals surface area (Å²) >= 11 is 0. The number of rotatable bonds is 3. The van der Waals surface area contributed by atoms with Crippen LogP contribution in [0.25, 0.3) is 6.08 Å². The first-order valence-electron chi connectivity index (χ1n) is 10.1. The van der Waals surface area contributed by atoms with E-state index in [2.05, 4.69) is 0 Å². The maximum atomic E-state index is 12.9. The number of phenols is 2. The van der Waals surface area contributed by atoms with Crippen molar-refractivity contribution in [1.82, 2.24) is 0 Å². The van der Waals surface area contributed by atoms with Gasteiger partial charge >= 0.3 is 0 Å². The van der Waals surface area contributed by atoms with Gasteiger partial charge in [0.2, 0.25) is 0 Å². The van der Waals surface area contributed by atoms with Gasteiger partial charge in [-0.15, -0.1) is 0 Å². The largest absolute Gasteiger partial charge is 0.507 e. The molecule has 2 heterocycles. The van der Waals surface area contributed by atoms with E-state index >= 15 is 0 Å². The first kappa shape index (κ1) is 20.1. The van der Waals surface area contributed by atoms with Crippen molar-refractivity contribution in [2.75, 3.05) is 0 Å². The molecule has 4 rings (SSSR count). The monoisotopic (exact) mass is 406 g/mol. The number of hydrogen-bond acceptors (Lipinski definition) is 5. The lowest BCUT2D eigenvalue weighted by Gasteiger charge is -2.30. The number of Topliss-reactive ketones (excluding diaryl/α,β-unsaturated/α-hetero) is 1. The second-order valence-corrected chi connectivity index (χ2v) is 8.65. The number of phenolic OH excluding ortho intramolecular Hbond substituents is 2. The Kier molecular flexibility index (Phi) is 4.85. The molecular formula is C25H26O5. The Labute approximate surface area is 176 Å². The summed E-state index contributed by atoms with van der Waals surface area (Å²) in [5.41, 5.74) is 3.14. The van der Waals surface area contributed by atoms with E-state index in [-0.39, 0.29) is 40.6 Å². The first-order chi connectivity index (χ1) is 14.1. The third kappa shape index (κ3) is 3.67. The van der Waals surface area contributed by atoms with Crippen LogP contribution in [0.15, 0.2) is 42.0 Å². The summed E-state index contributed by atoms with van der Waals surface area (Å²) in [6, 6.07) is 6.97. The molecule has 5 nitrogen and oxygen atoms in total. The van der Waals surface area contributed by atoms with Gasteiger partial charge < -0.3 is 19.7 Å². The molecule has 0 fully saturated rings. The van der Waals surface area contributed by atoms with Crippen LogP contribution in [0, 0.1) is 0 Å². The number of aromatic hydroxyl groups is 2. The summed E-state index contributed by atoms with van der Waals surface area (Å²) in [6.07, 6.45) is 5.97. The second-order valence-electron chi connectivity index (χ2n) is 8.65. The van der Waals surface area contributed by atoms with Gasteiger partial charge in [-0.1, -0.05) is 23.8 Å². The normalized spacial score (nSPS) is 18.7. The molecule has 0 spiro atoms. The number of allylic oxidation sites excluding steroid dienone is 2. The fourth-order valence-electron chi connectivity index (χ4n) is 3.81. The molecule has 1 atom stereocenters. The summed E-state index contributed by atoms with van der Waals surface area (Å²) < 4.78 is 12.2. The summed E-state index contributed by atoms with van der Waals surface area (Å²) in [5, 5.41) is 20.7. The minimum atomic E-state index is -0.509. The van der Waals surface area contributed by atoms with Gasteiger partial charge in [0.1, 0.15) is 40.3 Å². The first-order valence-corrected chi connectivity index (χ1v) is 10.1. The molecule has 2 aliphatic rings. The molecule has 0 unspecified atom stereocenters. The maximum absolute atomic E-state index is 12.9. The predicted molar refractivity (Wildman–Crippen MR) is 115 cm³/mol. The lowest BCUT2D eigenvalue weighted by molar-refractivity contribution is 0.0842. The highest BCUT2D eigenvalue weighted by molar-refractivity contribution is 6.03. The Morgan fingerprint density at radius 2 is 1.97 bits per heavy atom. The lowest BCUT2D eigenvalue weighted by atomic mass is 9.91. The summed E-state index contributed by atoms with van der Waals surface area (Å²) in [7, 11) is 0. The van der Waals surface area contributed by atoms with Crippen molar-refractivity contribution in [3.05, 3.63) is 64.2 Å². The van der Waals surface area contributed by atoms with Crippen LogP contribution in [0.2, 0.25) is 0 Å². The highest BCUT2D eigenvalue weighted by Crippen LogP contribution is 2.46. The molecule has 2 aromatic carbocycles. The molecule has 0 bridgehead atoms. The number of ketones is 1. The van der Waals surface area contributed by atoms with Gasteiger partial charge in [0.15, 0.2) is 5.78 Å². The minimum Gasteiger partial charge on any atom is -0.507 e. The molecule has 0 saturated heterocycles. The van der Waals surface area contributed by atoms with Crippen molar-refractivity contribution in [1.29, 1.82) is 0 Å². The zero-order valence-electron chi connectivity index (χ0n) is 17.7. The summed E-state index contributed by atoms with van der Waals surface area (Å²) in [5.74, 6) is 0.505. The van der Waals surface area contributed by atoms with Crippen molar-refractivity contribution in [2.24, 2.45) is 0 Å². The van der Waals surface area contributed by atoms with E-state index in [1.54, 1.807) is 0 Å². The van der Waals surface area contributed by atoms with Crippen LogP contribution in [0.5, 0.6) is 23.0 Å². The second kappa shape index (κ2) is 7.24. The average molecular weight is 406 g/mol. The van der Waals surface area contributed by atoms with Crippen LogP contribution in [0.3, 0.4) is 0 Å². The van der Waals surface area contributed by atoms with E-state index in [0.717, 1.165) is 22.4 Å². The third-order valence-corrected chi connectivity index (χ3v) is 5.41. The molecule has 2 N–H and O–H groups in total. The van der Waals surface area contributed by atoms with E-state index in [9.17, 15) is 15.0 Å². The van der Waals surface area contributed by atoms with Crippen LogP contribution in [0.4, 0.5) is 0 Å². The zero-order chi connectivity index (χ0) is 21.6. The number of benzene rings is 2. The standard InChI is InChI=1S/C25H26O5/c1-14(2)5-7-17-18(26)12-19(27)23-20(28)13-22(29-24(17)23)15-6-8-21-16(11-15)9-10-25(3,4)30-21/h5-6,8-12,22,26-27H,7,13H2,1-4H3/t22-/m0/s1. The van der Waals surface area contributed by atoms with E-state index < -0.39 is 6.10 Å². The zero-order valence-corrected chi connectivity index (χ0v) is 17.7. The Bertz CT molecular complexity index is 1090. The number of fused-ring (bicyclic) bond motifs is 2. The summed E-state index contributed by atoms with van der Waals surface area (Å²) in [6.45, 7) is 7.91. The highest BCUT2D eigenvalue weighted by Gasteiger charge is 2.34. The Morgan fingerprint density at radius 3 is 2.70 bits per heavy atom. The lowest BCUT2D eigenvalue weighted by Crippen LogP contribution is -2.27. The van der Waals surface area contributed by atoms with Crippen molar-refractivity contribution in [3.63, 3.8) is 0 Å². The van der Waals surface area contributed by atoms with Crippen LogP contribution >= 0.6 is 0 Å². The topological polar surface area (TPSA) is 76.0 Å². The van der Waals surface area contributed by atoms with Crippen LogP contribution in [-0.2, 0) is 6.42 Å². The van der Waals surface area contributed by atoms with E-state index in [0.29, 0.717) is 12.0 Å². The van der Waals surface area contributed by atoms with Crippen LogP contribution in [0.1, 0.15) is 67.3 Å². The van der Waals surface area contributed by atoms with Crippen molar-refractivity contribution >= 4 is 11.9 Å². The molecule has 5 heteroatoms. The van der Waals surface area contributed by atoms with Gasteiger partial charge in [0.25, 0.3) is 0 Å². The third-order valence-electron chi connectivity index (χ3n) is 5.41. The number of ether oxygens (including phenoxy) is 2. The van der Waals surface area contributed by atoms with E-state index in [4.69, 9.17) is 9.47 Å². The van der Waals surface area contributed by atoms with Crippen LogP contribution in [-0.4, -0.2) is 21.6 Å². The van der Waals surface area contributed by atoms with Gasteiger partial charge in [0.05, 0.1) is 6.42 Å². The Hall–Kier alpha value is -3.21. The van der Waals surface area contributed by atoms with E-state index in [1.807, 2.05) is 64.1 Å². The van der Waals surface area contributed by atoms with Crippen LogP contribution < -0.4 is 9.47 Å². The molecule has 2 aliphatic heterocycles. The molecule has 0 saturated carbocycles. The highest BCUT2D eigenvalue weighted by atomic mass is 16.5. The molecular weight excluding hydrogens is 380 g/mol. The molecule has 156 valence electrons. The number of hydrogen-bond donors (Lipinski definition) is 2. The van der Waals surface area contributed by atoms with E-state index in [1.165, 1.54) is 6.07 Å². The fourth-order valence-corrected chi connectivity index (χ4v) is 3.81. The van der Waals surface area contributed by atoms with Crippen molar-refractivity contribution in [2.45, 2.75) is 52.2 Å². The number of carbonyl (C=O) groups excluding carboxylic acids is 1. The quantitative estimate of drug-likeness (QED) is 0.659. The molecule has 0 aromatic heterocycles.